The molecular formula is C24H20N4O2. The molecule has 0 aliphatic carbocycles. The summed E-state index contributed by atoms with van der Waals surface area (Å²) in [4.78, 5) is 20.9. The van der Waals surface area contributed by atoms with Gasteiger partial charge in [-0.25, -0.2) is 9.97 Å². The summed E-state index contributed by atoms with van der Waals surface area (Å²) < 4.78 is 5.20. The average Bonchev–Trinajstić information content (AvgIpc) is 2.81. The number of benzene rings is 3. The molecule has 1 amide bonds. The lowest BCUT2D eigenvalue weighted by atomic mass is 10.1. The van der Waals surface area contributed by atoms with Gasteiger partial charge in [-0.3, -0.25) is 4.79 Å². The Labute approximate surface area is 174 Å². The number of carbonyl (C=O) groups excluding carboxylic acids is 1. The number of carbonyl (C=O) groups is 1. The molecule has 0 fully saturated rings. The van der Waals surface area contributed by atoms with Gasteiger partial charge in [0.1, 0.15) is 17.9 Å². The number of anilines is 3. The Bertz CT molecular complexity index is 1130. The van der Waals surface area contributed by atoms with Crippen LogP contribution in [0.2, 0.25) is 0 Å². The van der Waals surface area contributed by atoms with Crippen LogP contribution in [0.4, 0.5) is 17.2 Å². The van der Waals surface area contributed by atoms with E-state index in [1.807, 2.05) is 72.8 Å². The average molecular weight is 396 g/mol. The number of hydrogen-bond acceptors (Lipinski definition) is 5. The summed E-state index contributed by atoms with van der Waals surface area (Å²) in [6.45, 7) is 0. The molecule has 1 aromatic heterocycles. The Morgan fingerprint density at radius 3 is 2.23 bits per heavy atom. The van der Waals surface area contributed by atoms with Gasteiger partial charge in [0.2, 0.25) is 0 Å². The van der Waals surface area contributed by atoms with E-state index >= 15 is 0 Å². The maximum Gasteiger partial charge on any atom is 0.255 e. The lowest BCUT2D eigenvalue weighted by Crippen LogP contribution is -2.11. The summed E-state index contributed by atoms with van der Waals surface area (Å²) in [6.07, 6.45) is 1.52. The number of ether oxygens (including phenoxy) is 1. The summed E-state index contributed by atoms with van der Waals surface area (Å²) in [5.74, 6) is 1.33. The summed E-state index contributed by atoms with van der Waals surface area (Å²) in [6, 6.07) is 26.1. The Balaban J connectivity index is 1.43. The highest BCUT2D eigenvalue weighted by atomic mass is 16.5. The highest BCUT2D eigenvalue weighted by Crippen LogP contribution is 2.24. The van der Waals surface area contributed by atoms with Crippen LogP contribution in [0.15, 0.2) is 91.3 Å². The zero-order valence-corrected chi connectivity index (χ0v) is 16.4. The predicted octanol–water partition coefficient (Wildman–Crippen LogP) is 5.15. The monoisotopic (exact) mass is 396 g/mol. The third-order valence-electron chi connectivity index (χ3n) is 4.50. The van der Waals surface area contributed by atoms with Crippen LogP contribution in [-0.4, -0.2) is 23.0 Å². The van der Waals surface area contributed by atoms with E-state index in [2.05, 4.69) is 20.6 Å². The van der Waals surface area contributed by atoms with E-state index in [-0.39, 0.29) is 5.91 Å². The lowest BCUT2D eigenvalue weighted by Gasteiger charge is -2.09. The maximum absolute atomic E-state index is 12.3. The van der Waals surface area contributed by atoms with Crippen LogP contribution in [0.1, 0.15) is 10.4 Å². The van der Waals surface area contributed by atoms with E-state index in [1.54, 1.807) is 19.2 Å². The second-order valence-electron chi connectivity index (χ2n) is 6.54. The van der Waals surface area contributed by atoms with Crippen LogP contribution in [0.3, 0.4) is 0 Å². The summed E-state index contributed by atoms with van der Waals surface area (Å²) in [5.41, 5.74) is 3.97. The lowest BCUT2D eigenvalue weighted by molar-refractivity contribution is 0.102. The number of nitrogens with zero attached hydrogens (tertiary/aromatic N) is 2. The van der Waals surface area contributed by atoms with Crippen molar-refractivity contribution in [2.75, 3.05) is 17.7 Å². The fourth-order valence-corrected chi connectivity index (χ4v) is 2.92. The minimum absolute atomic E-state index is 0.142. The Hall–Kier alpha value is -4.19. The Morgan fingerprint density at radius 1 is 0.833 bits per heavy atom. The molecule has 4 rings (SSSR count). The molecular weight excluding hydrogens is 376 g/mol. The fourth-order valence-electron chi connectivity index (χ4n) is 2.92. The zero-order chi connectivity index (χ0) is 20.8. The highest BCUT2D eigenvalue weighted by molar-refractivity contribution is 6.04. The number of methoxy groups -OCH3 is 1. The molecule has 0 spiro atoms. The molecule has 0 unspecified atom stereocenters. The zero-order valence-electron chi connectivity index (χ0n) is 16.4. The van der Waals surface area contributed by atoms with Crippen LogP contribution >= 0.6 is 0 Å². The summed E-state index contributed by atoms with van der Waals surface area (Å²) in [7, 11) is 1.64. The topological polar surface area (TPSA) is 76.1 Å². The van der Waals surface area contributed by atoms with Crippen molar-refractivity contribution in [2.24, 2.45) is 0 Å². The van der Waals surface area contributed by atoms with Gasteiger partial charge in [-0.05, 0) is 60.7 Å². The van der Waals surface area contributed by atoms with Crippen LogP contribution in [0.25, 0.3) is 11.3 Å². The smallest absolute Gasteiger partial charge is 0.255 e. The number of rotatable bonds is 6. The van der Waals surface area contributed by atoms with Gasteiger partial charge < -0.3 is 15.4 Å². The molecule has 2 N–H and O–H groups in total. The number of hydrogen-bond donors (Lipinski definition) is 2. The van der Waals surface area contributed by atoms with Gasteiger partial charge in [0.15, 0.2) is 0 Å². The third-order valence-corrected chi connectivity index (χ3v) is 4.50. The second kappa shape index (κ2) is 8.87. The summed E-state index contributed by atoms with van der Waals surface area (Å²) in [5, 5.41) is 6.15. The van der Waals surface area contributed by atoms with Gasteiger partial charge >= 0.3 is 0 Å². The van der Waals surface area contributed by atoms with Crippen LogP contribution in [0.5, 0.6) is 5.75 Å². The SMILES string of the molecule is COc1ccc(-c2cc(Nc3ccc(NC(=O)c4ccccc4)cc3)ncn2)cc1. The second-order valence-corrected chi connectivity index (χ2v) is 6.54. The van der Waals surface area contributed by atoms with Gasteiger partial charge in [0, 0.05) is 28.6 Å². The molecule has 0 bridgehead atoms. The van der Waals surface area contributed by atoms with Crippen molar-refractivity contribution in [3.63, 3.8) is 0 Å². The number of nitrogens with one attached hydrogen (secondary N) is 2. The molecule has 148 valence electrons. The highest BCUT2D eigenvalue weighted by Gasteiger charge is 2.06. The molecule has 4 aromatic rings. The van der Waals surface area contributed by atoms with Gasteiger partial charge in [-0.2, -0.15) is 0 Å². The molecule has 0 saturated carbocycles. The first-order valence-corrected chi connectivity index (χ1v) is 9.41. The third kappa shape index (κ3) is 4.62. The van der Waals surface area contributed by atoms with E-state index in [4.69, 9.17) is 4.74 Å². The predicted molar refractivity (Wildman–Crippen MR) is 118 cm³/mol. The summed E-state index contributed by atoms with van der Waals surface area (Å²) >= 11 is 0. The number of amides is 1. The molecule has 0 aliphatic heterocycles. The minimum atomic E-state index is -0.142. The van der Waals surface area contributed by atoms with E-state index in [0.29, 0.717) is 11.4 Å². The standard InChI is InChI=1S/C24H20N4O2/c1-30-21-13-7-17(8-14-21)22-15-23(26-16-25-22)27-19-9-11-20(12-10-19)28-24(29)18-5-3-2-4-6-18/h2-16H,1H3,(H,28,29)(H,25,26,27). The van der Waals surface area contributed by atoms with Crippen molar-refractivity contribution >= 4 is 23.1 Å². The van der Waals surface area contributed by atoms with E-state index in [1.165, 1.54) is 6.33 Å². The molecule has 0 saturated heterocycles. The normalized spacial score (nSPS) is 10.3. The molecule has 6 heteroatoms. The van der Waals surface area contributed by atoms with Crippen molar-refractivity contribution in [1.29, 1.82) is 0 Å². The Morgan fingerprint density at radius 2 is 1.53 bits per heavy atom. The van der Waals surface area contributed by atoms with Crippen molar-refractivity contribution in [3.05, 3.63) is 96.8 Å². The van der Waals surface area contributed by atoms with Crippen molar-refractivity contribution in [2.45, 2.75) is 0 Å². The van der Waals surface area contributed by atoms with Gasteiger partial charge in [-0.1, -0.05) is 18.2 Å². The number of aromatic nitrogens is 2. The molecule has 0 aliphatic rings. The van der Waals surface area contributed by atoms with E-state index < -0.39 is 0 Å². The molecule has 30 heavy (non-hydrogen) atoms. The van der Waals surface area contributed by atoms with Gasteiger partial charge in [0.25, 0.3) is 5.91 Å². The Kier molecular flexibility index (Phi) is 5.66. The first-order chi connectivity index (χ1) is 14.7. The van der Waals surface area contributed by atoms with E-state index in [9.17, 15) is 4.79 Å². The molecule has 3 aromatic carbocycles. The van der Waals surface area contributed by atoms with Crippen molar-refractivity contribution in [1.82, 2.24) is 9.97 Å². The fraction of sp³-hybridized carbons (Fsp3) is 0.0417. The first-order valence-electron chi connectivity index (χ1n) is 9.41. The quantitative estimate of drug-likeness (QED) is 0.471. The first kappa shape index (κ1) is 19.1. The molecule has 0 radical (unpaired) electrons. The minimum Gasteiger partial charge on any atom is -0.497 e. The van der Waals surface area contributed by atoms with E-state index in [0.717, 1.165) is 28.4 Å². The van der Waals surface area contributed by atoms with Crippen LogP contribution in [0, 0.1) is 0 Å². The van der Waals surface area contributed by atoms with Crippen LogP contribution in [-0.2, 0) is 0 Å². The molecule has 1 heterocycles. The maximum atomic E-state index is 12.3. The van der Waals surface area contributed by atoms with Gasteiger partial charge in [0.05, 0.1) is 12.8 Å². The largest absolute Gasteiger partial charge is 0.497 e. The molecule has 6 nitrogen and oxygen atoms in total. The van der Waals surface area contributed by atoms with Crippen molar-refractivity contribution in [3.8, 4) is 17.0 Å². The van der Waals surface area contributed by atoms with Crippen molar-refractivity contribution < 1.29 is 9.53 Å². The molecule has 0 atom stereocenters. The van der Waals surface area contributed by atoms with Gasteiger partial charge in [-0.15, -0.1) is 0 Å². The van der Waals surface area contributed by atoms with Crippen LogP contribution < -0.4 is 15.4 Å².